The SMILES string of the molecule is CCC1CCC(N(C)C(=O)C2CCC(=O)NC2)CC1. The first-order valence-corrected chi connectivity index (χ1v) is 7.65. The van der Waals surface area contributed by atoms with E-state index in [4.69, 9.17) is 0 Å². The Balaban J connectivity index is 1.84. The zero-order valence-corrected chi connectivity index (χ0v) is 12.2. The van der Waals surface area contributed by atoms with Gasteiger partial charge in [-0.2, -0.15) is 0 Å². The molecule has 2 amide bonds. The Morgan fingerprint density at radius 3 is 2.47 bits per heavy atom. The summed E-state index contributed by atoms with van der Waals surface area (Å²) < 4.78 is 0. The molecular weight excluding hydrogens is 240 g/mol. The lowest BCUT2D eigenvalue weighted by Crippen LogP contribution is -2.47. The maximum atomic E-state index is 12.4. The molecule has 19 heavy (non-hydrogen) atoms. The van der Waals surface area contributed by atoms with Gasteiger partial charge in [0.15, 0.2) is 0 Å². The Morgan fingerprint density at radius 1 is 1.26 bits per heavy atom. The summed E-state index contributed by atoms with van der Waals surface area (Å²) in [6.45, 7) is 2.77. The Morgan fingerprint density at radius 2 is 1.95 bits per heavy atom. The summed E-state index contributed by atoms with van der Waals surface area (Å²) in [4.78, 5) is 25.5. The average molecular weight is 266 g/mol. The molecule has 4 nitrogen and oxygen atoms in total. The molecule has 4 heteroatoms. The molecule has 1 saturated heterocycles. The van der Waals surface area contributed by atoms with Gasteiger partial charge < -0.3 is 10.2 Å². The van der Waals surface area contributed by atoms with Crippen molar-refractivity contribution in [2.45, 2.75) is 57.9 Å². The number of nitrogens with one attached hydrogen (secondary N) is 1. The van der Waals surface area contributed by atoms with Crippen LogP contribution in [-0.4, -0.2) is 36.3 Å². The molecule has 0 aromatic heterocycles. The van der Waals surface area contributed by atoms with Gasteiger partial charge in [0.25, 0.3) is 0 Å². The van der Waals surface area contributed by atoms with Crippen LogP contribution in [0, 0.1) is 11.8 Å². The van der Waals surface area contributed by atoms with Crippen molar-refractivity contribution in [3.63, 3.8) is 0 Å². The van der Waals surface area contributed by atoms with E-state index < -0.39 is 0 Å². The molecule has 108 valence electrons. The molecule has 1 unspecified atom stereocenters. The van der Waals surface area contributed by atoms with Crippen molar-refractivity contribution in [1.29, 1.82) is 0 Å². The number of hydrogen-bond donors (Lipinski definition) is 1. The zero-order chi connectivity index (χ0) is 13.8. The van der Waals surface area contributed by atoms with E-state index in [1.54, 1.807) is 0 Å². The van der Waals surface area contributed by atoms with Crippen molar-refractivity contribution >= 4 is 11.8 Å². The molecule has 1 aliphatic heterocycles. The minimum Gasteiger partial charge on any atom is -0.355 e. The van der Waals surface area contributed by atoms with Crippen LogP contribution in [0.4, 0.5) is 0 Å². The summed E-state index contributed by atoms with van der Waals surface area (Å²) in [6.07, 6.45) is 7.24. The Bertz CT molecular complexity index is 325. The first-order chi connectivity index (χ1) is 9.11. The third-order valence-electron chi connectivity index (χ3n) is 4.90. The maximum Gasteiger partial charge on any atom is 0.227 e. The first kappa shape index (κ1) is 14.4. The molecule has 0 spiro atoms. The minimum atomic E-state index is -0.00778. The lowest BCUT2D eigenvalue weighted by Gasteiger charge is -2.36. The fourth-order valence-electron chi connectivity index (χ4n) is 3.35. The smallest absolute Gasteiger partial charge is 0.227 e. The number of rotatable bonds is 3. The zero-order valence-electron chi connectivity index (χ0n) is 12.2. The number of carbonyl (C=O) groups is 2. The van der Waals surface area contributed by atoms with Crippen molar-refractivity contribution in [3.05, 3.63) is 0 Å². The molecule has 1 aliphatic carbocycles. The summed E-state index contributed by atoms with van der Waals surface area (Å²) >= 11 is 0. The van der Waals surface area contributed by atoms with E-state index in [0.717, 1.165) is 18.8 Å². The molecule has 1 N–H and O–H groups in total. The van der Waals surface area contributed by atoms with Crippen LogP contribution in [-0.2, 0) is 9.59 Å². The lowest BCUT2D eigenvalue weighted by molar-refractivity contribution is -0.138. The van der Waals surface area contributed by atoms with Crippen molar-refractivity contribution in [1.82, 2.24) is 10.2 Å². The van der Waals surface area contributed by atoms with Gasteiger partial charge in [-0.15, -0.1) is 0 Å². The Labute approximate surface area is 115 Å². The Hall–Kier alpha value is -1.06. The lowest BCUT2D eigenvalue weighted by atomic mass is 9.83. The highest BCUT2D eigenvalue weighted by Gasteiger charge is 2.31. The minimum absolute atomic E-state index is 0.00778. The van der Waals surface area contributed by atoms with Crippen molar-refractivity contribution in [2.75, 3.05) is 13.6 Å². The molecule has 1 saturated carbocycles. The monoisotopic (exact) mass is 266 g/mol. The number of nitrogens with zero attached hydrogens (tertiary/aromatic N) is 1. The van der Waals surface area contributed by atoms with Crippen molar-refractivity contribution in [2.24, 2.45) is 11.8 Å². The van der Waals surface area contributed by atoms with Gasteiger partial charge in [-0.1, -0.05) is 13.3 Å². The maximum absolute atomic E-state index is 12.4. The van der Waals surface area contributed by atoms with E-state index in [1.807, 2.05) is 11.9 Å². The molecule has 0 bridgehead atoms. The van der Waals surface area contributed by atoms with Crippen LogP contribution in [0.2, 0.25) is 0 Å². The van der Waals surface area contributed by atoms with Crippen LogP contribution in [0.25, 0.3) is 0 Å². The van der Waals surface area contributed by atoms with Crippen molar-refractivity contribution in [3.8, 4) is 0 Å². The second kappa shape index (κ2) is 6.40. The number of amides is 2. The van der Waals surface area contributed by atoms with Gasteiger partial charge >= 0.3 is 0 Å². The Kier molecular flexibility index (Phi) is 4.83. The van der Waals surface area contributed by atoms with E-state index in [1.165, 1.54) is 19.3 Å². The molecule has 0 aromatic rings. The van der Waals surface area contributed by atoms with Crippen molar-refractivity contribution < 1.29 is 9.59 Å². The van der Waals surface area contributed by atoms with Gasteiger partial charge in [-0.25, -0.2) is 0 Å². The summed E-state index contributed by atoms with van der Waals surface area (Å²) in [5.41, 5.74) is 0. The summed E-state index contributed by atoms with van der Waals surface area (Å²) in [7, 11) is 1.94. The largest absolute Gasteiger partial charge is 0.355 e. The topological polar surface area (TPSA) is 49.4 Å². The first-order valence-electron chi connectivity index (χ1n) is 7.65. The fourth-order valence-corrected chi connectivity index (χ4v) is 3.35. The molecular formula is C15H26N2O2. The molecule has 0 aromatic carbocycles. The highest BCUT2D eigenvalue weighted by molar-refractivity contribution is 5.83. The van der Waals surface area contributed by atoms with Gasteiger partial charge in [0.05, 0.1) is 5.92 Å². The van der Waals surface area contributed by atoms with Crippen LogP contribution in [0.5, 0.6) is 0 Å². The van der Waals surface area contributed by atoms with Crippen LogP contribution in [0.3, 0.4) is 0 Å². The fraction of sp³-hybridized carbons (Fsp3) is 0.867. The number of piperidine rings is 1. The van der Waals surface area contributed by atoms with E-state index in [2.05, 4.69) is 12.2 Å². The second-order valence-electron chi connectivity index (χ2n) is 6.07. The summed E-state index contributed by atoms with van der Waals surface area (Å²) in [6, 6.07) is 0.410. The number of carbonyl (C=O) groups excluding carboxylic acids is 2. The normalized spacial score (nSPS) is 31.7. The summed E-state index contributed by atoms with van der Waals surface area (Å²) in [5, 5.41) is 2.80. The average Bonchev–Trinajstić information content (AvgIpc) is 2.46. The number of hydrogen-bond acceptors (Lipinski definition) is 2. The molecule has 2 aliphatic rings. The van der Waals surface area contributed by atoms with Gasteiger partial charge in [0.1, 0.15) is 0 Å². The molecule has 1 atom stereocenters. The third kappa shape index (κ3) is 3.48. The van der Waals surface area contributed by atoms with Gasteiger partial charge in [-0.05, 0) is 38.0 Å². The van der Waals surface area contributed by atoms with E-state index in [9.17, 15) is 9.59 Å². The predicted octanol–water partition coefficient (Wildman–Crippen LogP) is 1.94. The van der Waals surface area contributed by atoms with Crippen LogP contribution in [0.15, 0.2) is 0 Å². The highest BCUT2D eigenvalue weighted by atomic mass is 16.2. The molecule has 1 heterocycles. The van der Waals surface area contributed by atoms with Crippen LogP contribution < -0.4 is 5.32 Å². The van der Waals surface area contributed by atoms with E-state index in [0.29, 0.717) is 25.4 Å². The molecule has 0 radical (unpaired) electrons. The predicted molar refractivity (Wildman–Crippen MR) is 74.5 cm³/mol. The standard InChI is InChI=1S/C15H26N2O2/c1-3-11-4-7-13(8-5-11)17(2)15(19)12-6-9-14(18)16-10-12/h11-13H,3-10H2,1-2H3,(H,16,18). The van der Waals surface area contributed by atoms with Gasteiger partial charge in [-0.3, -0.25) is 9.59 Å². The van der Waals surface area contributed by atoms with Gasteiger partial charge in [0, 0.05) is 26.1 Å². The van der Waals surface area contributed by atoms with Gasteiger partial charge in [0.2, 0.25) is 11.8 Å². The van der Waals surface area contributed by atoms with E-state index >= 15 is 0 Å². The summed E-state index contributed by atoms with van der Waals surface area (Å²) in [5.74, 6) is 1.15. The molecule has 2 fully saturated rings. The van der Waals surface area contributed by atoms with Crippen LogP contribution in [0.1, 0.15) is 51.9 Å². The second-order valence-corrected chi connectivity index (χ2v) is 6.07. The third-order valence-corrected chi connectivity index (χ3v) is 4.90. The molecule has 2 rings (SSSR count). The van der Waals surface area contributed by atoms with Crippen LogP contribution >= 0.6 is 0 Å². The van der Waals surface area contributed by atoms with E-state index in [-0.39, 0.29) is 17.7 Å². The highest BCUT2D eigenvalue weighted by Crippen LogP contribution is 2.29. The quantitative estimate of drug-likeness (QED) is 0.848.